The third kappa shape index (κ3) is 23.2. The summed E-state index contributed by atoms with van der Waals surface area (Å²) >= 11 is 0. The highest BCUT2D eigenvalue weighted by Gasteiger charge is 2.16. The zero-order chi connectivity index (χ0) is 24.5. The van der Waals surface area contributed by atoms with Gasteiger partial charge in [0, 0.05) is 12.8 Å². The molecule has 0 heterocycles. The van der Waals surface area contributed by atoms with Crippen LogP contribution in [0, 0.1) is 0 Å². The standard InChI is InChI=1S/C18H36NO6.CH4O4S/c1-7-17(20)24-15(3)13-22-11-9-19(5,6)10-12-23-14-16(4)25-18(21)8-2;1-5-6(2,3)4/h15-16H,7-14H2,1-6H3;1H3,(H,2,3,4)/q+1;/p-1. The summed E-state index contributed by atoms with van der Waals surface area (Å²) in [4.78, 5) is 22.3. The molecule has 0 aromatic rings. The first-order valence-corrected chi connectivity index (χ1v) is 11.5. The molecule has 0 spiro atoms. The van der Waals surface area contributed by atoms with Crippen molar-refractivity contribution < 1.29 is 50.2 Å². The molecule has 2 atom stereocenters. The molecule has 0 radical (unpaired) electrons. The van der Waals surface area contributed by atoms with Crippen LogP contribution in [0.2, 0.25) is 0 Å². The van der Waals surface area contributed by atoms with E-state index in [0.29, 0.717) is 39.3 Å². The van der Waals surface area contributed by atoms with Crippen molar-refractivity contribution in [1.82, 2.24) is 0 Å². The van der Waals surface area contributed by atoms with E-state index >= 15 is 0 Å². The summed E-state index contributed by atoms with van der Waals surface area (Å²) in [7, 11) is 0.606. The van der Waals surface area contributed by atoms with Crippen LogP contribution in [-0.2, 0) is 43.1 Å². The summed E-state index contributed by atoms with van der Waals surface area (Å²) in [6.45, 7) is 10.8. The molecule has 0 N–H and O–H groups in total. The molecule has 0 aromatic carbocycles. The second kappa shape index (κ2) is 17.3. The van der Waals surface area contributed by atoms with Gasteiger partial charge in [-0.2, -0.15) is 0 Å². The monoisotopic (exact) mass is 473 g/mol. The van der Waals surface area contributed by atoms with Gasteiger partial charge in [0.05, 0.1) is 47.6 Å². The first-order chi connectivity index (χ1) is 14.3. The fourth-order valence-corrected chi connectivity index (χ4v) is 1.92. The van der Waals surface area contributed by atoms with Crippen molar-refractivity contribution in [2.45, 2.75) is 52.7 Å². The van der Waals surface area contributed by atoms with Crippen LogP contribution in [0.3, 0.4) is 0 Å². The molecule has 0 fully saturated rings. The lowest BCUT2D eigenvalue weighted by molar-refractivity contribution is -0.891. The minimum atomic E-state index is -4.41. The molecule has 186 valence electrons. The molecule has 0 saturated heterocycles. The average molecular weight is 474 g/mol. The van der Waals surface area contributed by atoms with E-state index in [4.69, 9.17) is 18.9 Å². The fourth-order valence-electron chi connectivity index (χ4n) is 1.92. The van der Waals surface area contributed by atoms with Gasteiger partial charge >= 0.3 is 11.9 Å². The fraction of sp³-hybridized carbons (Fsp3) is 0.895. The summed E-state index contributed by atoms with van der Waals surface area (Å²) in [5.74, 6) is -0.411. The van der Waals surface area contributed by atoms with Crippen LogP contribution in [0.4, 0.5) is 0 Å². The van der Waals surface area contributed by atoms with Gasteiger partial charge in [0.1, 0.15) is 25.3 Å². The molecular formula is C19H39NO10S. The molecule has 2 unspecified atom stereocenters. The molecular weight excluding hydrogens is 434 g/mol. The maximum Gasteiger partial charge on any atom is 0.305 e. The number of hydrogen-bond acceptors (Lipinski definition) is 10. The van der Waals surface area contributed by atoms with Crippen molar-refractivity contribution in [3.63, 3.8) is 0 Å². The lowest BCUT2D eigenvalue weighted by atomic mass is 10.4. The van der Waals surface area contributed by atoms with Crippen LogP contribution >= 0.6 is 0 Å². The van der Waals surface area contributed by atoms with E-state index < -0.39 is 10.4 Å². The van der Waals surface area contributed by atoms with E-state index in [-0.39, 0.29) is 24.1 Å². The lowest BCUT2D eigenvalue weighted by Crippen LogP contribution is -2.45. The van der Waals surface area contributed by atoms with Gasteiger partial charge in [-0.3, -0.25) is 13.8 Å². The van der Waals surface area contributed by atoms with Gasteiger partial charge in [-0.25, -0.2) is 8.42 Å². The third-order valence-electron chi connectivity index (χ3n) is 3.83. The highest BCUT2D eigenvalue weighted by Crippen LogP contribution is 2.01. The molecule has 11 nitrogen and oxygen atoms in total. The van der Waals surface area contributed by atoms with Crippen LogP contribution in [0.15, 0.2) is 0 Å². The third-order valence-corrected chi connectivity index (χ3v) is 4.24. The zero-order valence-corrected chi connectivity index (χ0v) is 20.6. The predicted octanol–water partition coefficient (Wildman–Crippen LogP) is 0.872. The molecule has 0 bridgehead atoms. The van der Waals surface area contributed by atoms with Crippen molar-refractivity contribution in [3.8, 4) is 0 Å². The second-order valence-corrected chi connectivity index (χ2v) is 8.57. The van der Waals surface area contributed by atoms with E-state index in [0.717, 1.165) is 24.7 Å². The normalized spacial score (nSPS) is 13.5. The first-order valence-electron chi connectivity index (χ1n) is 10.1. The van der Waals surface area contributed by atoms with Crippen LogP contribution in [0.1, 0.15) is 40.5 Å². The summed E-state index contributed by atoms with van der Waals surface area (Å²) in [6, 6.07) is 0. The Morgan fingerprint density at radius 3 is 1.45 bits per heavy atom. The number of nitrogens with zero attached hydrogens (tertiary/aromatic N) is 1. The van der Waals surface area contributed by atoms with Gasteiger partial charge in [-0.15, -0.1) is 0 Å². The molecule has 0 aromatic heterocycles. The Morgan fingerprint density at radius 1 is 0.871 bits per heavy atom. The number of ether oxygens (including phenoxy) is 4. The van der Waals surface area contributed by atoms with Crippen LogP contribution < -0.4 is 0 Å². The van der Waals surface area contributed by atoms with Crippen LogP contribution in [0.25, 0.3) is 0 Å². The molecule has 0 aliphatic heterocycles. The number of carbonyl (C=O) groups is 2. The Bertz CT molecular complexity index is 560. The Morgan fingerprint density at radius 2 is 1.19 bits per heavy atom. The molecule has 31 heavy (non-hydrogen) atoms. The van der Waals surface area contributed by atoms with Gasteiger partial charge in [0.25, 0.3) is 0 Å². The average Bonchev–Trinajstić information content (AvgIpc) is 2.68. The summed E-state index contributed by atoms with van der Waals surface area (Å²) < 4.78 is 53.2. The maximum atomic E-state index is 11.2. The Hall–Kier alpha value is -1.31. The van der Waals surface area contributed by atoms with E-state index in [1.807, 2.05) is 13.8 Å². The SMILES string of the molecule is CCC(=O)OC(C)COCC[N+](C)(C)CCOCC(C)OC(=O)CC.COS(=O)(=O)[O-]. The second-order valence-electron chi connectivity index (χ2n) is 7.42. The van der Waals surface area contributed by atoms with Crippen molar-refractivity contribution in [3.05, 3.63) is 0 Å². The number of carbonyl (C=O) groups excluding carboxylic acids is 2. The highest BCUT2D eigenvalue weighted by atomic mass is 32.3. The van der Waals surface area contributed by atoms with E-state index in [9.17, 15) is 22.6 Å². The van der Waals surface area contributed by atoms with Crippen LogP contribution in [-0.4, -0.2) is 102 Å². The summed E-state index contributed by atoms with van der Waals surface area (Å²) in [5, 5.41) is 0. The number of likely N-dealkylation sites (N-methyl/N-ethyl adjacent to an activating group) is 1. The minimum absolute atomic E-state index is 0.205. The van der Waals surface area contributed by atoms with Crippen molar-refractivity contribution >= 4 is 22.3 Å². The number of quaternary nitrogens is 1. The smallest absolute Gasteiger partial charge is 0.305 e. The number of rotatable bonds is 15. The van der Waals surface area contributed by atoms with E-state index in [1.165, 1.54) is 0 Å². The molecule has 0 aliphatic rings. The predicted molar refractivity (Wildman–Crippen MR) is 112 cm³/mol. The number of hydrogen-bond donors (Lipinski definition) is 0. The maximum absolute atomic E-state index is 11.2. The van der Waals surface area contributed by atoms with Gasteiger partial charge in [0.2, 0.25) is 10.4 Å². The Kier molecular flexibility index (Phi) is 17.8. The molecule has 0 saturated carbocycles. The van der Waals surface area contributed by atoms with Gasteiger partial charge in [-0.05, 0) is 13.8 Å². The highest BCUT2D eigenvalue weighted by molar-refractivity contribution is 7.80. The Labute approximate surface area is 186 Å². The molecule has 0 amide bonds. The summed E-state index contributed by atoms with van der Waals surface area (Å²) in [6.07, 6.45) is 0.312. The molecule has 0 rings (SSSR count). The van der Waals surface area contributed by atoms with E-state index in [1.54, 1.807) is 13.8 Å². The van der Waals surface area contributed by atoms with Gasteiger partial charge in [-0.1, -0.05) is 13.8 Å². The Balaban J connectivity index is 0. The first kappa shape index (κ1) is 31.9. The summed E-state index contributed by atoms with van der Waals surface area (Å²) in [5.41, 5.74) is 0. The molecule has 0 aliphatic carbocycles. The van der Waals surface area contributed by atoms with Crippen molar-refractivity contribution in [1.29, 1.82) is 0 Å². The zero-order valence-electron chi connectivity index (χ0n) is 19.7. The van der Waals surface area contributed by atoms with Crippen molar-refractivity contribution in [2.24, 2.45) is 0 Å². The quantitative estimate of drug-likeness (QED) is 0.111. The number of esters is 2. The van der Waals surface area contributed by atoms with Crippen LogP contribution in [0.5, 0.6) is 0 Å². The lowest BCUT2D eigenvalue weighted by Gasteiger charge is -2.29. The topological polar surface area (TPSA) is 137 Å². The van der Waals surface area contributed by atoms with Gasteiger partial charge < -0.3 is 28.0 Å². The largest absolute Gasteiger partial charge is 0.726 e. The van der Waals surface area contributed by atoms with Gasteiger partial charge in [0.15, 0.2) is 0 Å². The minimum Gasteiger partial charge on any atom is -0.726 e. The molecule has 12 heteroatoms. The van der Waals surface area contributed by atoms with E-state index in [2.05, 4.69) is 18.3 Å². The van der Waals surface area contributed by atoms with Crippen molar-refractivity contribution in [2.75, 3.05) is 60.7 Å².